The van der Waals surface area contributed by atoms with E-state index in [9.17, 15) is 5.11 Å². The first-order chi connectivity index (χ1) is 7.70. The minimum Gasteiger partial charge on any atom is -0.392 e. The number of rotatable bonds is 3. The van der Waals surface area contributed by atoms with E-state index >= 15 is 0 Å². The van der Waals surface area contributed by atoms with Gasteiger partial charge in [0.05, 0.1) is 17.7 Å². The van der Waals surface area contributed by atoms with E-state index in [0.717, 1.165) is 15.4 Å². The molecule has 2 rings (SSSR count). The molecular weight excluding hydrogens is 244 g/mol. The van der Waals surface area contributed by atoms with Crippen LogP contribution in [0.15, 0.2) is 40.4 Å². The third-order valence-corrected chi connectivity index (χ3v) is 3.55. The van der Waals surface area contributed by atoms with Crippen molar-refractivity contribution in [1.29, 1.82) is 0 Å². The molecule has 84 valence electrons. The second-order valence-corrected chi connectivity index (χ2v) is 4.85. The van der Waals surface area contributed by atoms with Gasteiger partial charge in [0.1, 0.15) is 0 Å². The van der Waals surface area contributed by atoms with Crippen molar-refractivity contribution in [2.45, 2.75) is 16.4 Å². The summed E-state index contributed by atoms with van der Waals surface area (Å²) >= 11 is 7.55. The summed E-state index contributed by atoms with van der Waals surface area (Å²) in [6.07, 6.45) is 3.71. The van der Waals surface area contributed by atoms with Crippen molar-refractivity contribution in [1.82, 2.24) is 9.78 Å². The van der Waals surface area contributed by atoms with Crippen LogP contribution in [0.1, 0.15) is 5.56 Å². The Labute approximate surface area is 103 Å². The molecule has 1 N–H and O–H groups in total. The van der Waals surface area contributed by atoms with Crippen LogP contribution >= 0.6 is 23.4 Å². The molecule has 0 saturated carbocycles. The van der Waals surface area contributed by atoms with Crippen LogP contribution < -0.4 is 0 Å². The number of hydrogen-bond acceptors (Lipinski definition) is 3. The van der Waals surface area contributed by atoms with E-state index in [-0.39, 0.29) is 6.61 Å². The van der Waals surface area contributed by atoms with E-state index in [1.165, 1.54) is 0 Å². The van der Waals surface area contributed by atoms with Gasteiger partial charge in [-0.3, -0.25) is 4.68 Å². The molecule has 0 radical (unpaired) electrons. The molecule has 0 aliphatic heterocycles. The fraction of sp³-hybridized carbons (Fsp3) is 0.182. The molecule has 0 spiro atoms. The van der Waals surface area contributed by atoms with Crippen LogP contribution in [0.5, 0.6) is 0 Å². The van der Waals surface area contributed by atoms with Crippen LogP contribution in [0.25, 0.3) is 0 Å². The first-order valence-electron chi connectivity index (χ1n) is 4.75. The topological polar surface area (TPSA) is 38.0 Å². The van der Waals surface area contributed by atoms with Gasteiger partial charge in [0.2, 0.25) is 0 Å². The summed E-state index contributed by atoms with van der Waals surface area (Å²) in [5.41, 5.74) is 0.762. The lowest BCUT2D eigenvalue weighted by atomic mass is 10.2. The number of aliphatic hydroxyl groups is 1. The van der Waals surface area contributed by atoms with E-state index in [4.69, 9.17) is 11.6 Å². The van der Waals surface area contributed by atoms with Gasteiger partial charge in [-0.25, -0.2) is 0 Å². The molecule has 0 atom stereocenters. The van der Waals surface area contributed by atoms with Crippen LogP contribution in [0.3, 0.4) is 0 Å². The molecule has 2 aromatic rings. The van der Waals surface area contributed by atoms with Gasteiger partial charge in [0, 0.05) is 28.7 Å². The molecule has 0 fully saturated rings. The third-order valence-electron chi connectivity index (χ3n) is 2.14. The number of aryl methyl sites for hydroxylation is 1. The van der Waals surface area contributed by atoms with Crippen molar-refractivity contribution in [3.63, 3.8) is 0 Å². The maximum Gasteiger partial charge on any atom is 0.0707 e. The predicted octanol–water partition coefficient (Wildman–Crippen LogP) is 2.72. The Morgan fingerprint density at radius 1 is 1.50 bits per heavy atom. The van der Waals surface area contributed by atoms with Crippen LogP contribution in [0.2, 0.25) is 5.02 Å². The lowest BCUT2D eigenvalue weighted by Crippen LogP contribution is -1.88. The second kappa shape index (κ2) is 4.91. The molecule has 16 heavy (non-hydrogen) atoms. The van der Waals surface area contributed by atoms with E-state index in [1.54, 1.807) is 28.7 Å². The minimum absolute atomic E-state index is 0.0533. The summed E-state index contributed by atoms with van der Waals surface area (Å²) in [6, 6.07) is 5.59. The molecule has 0 aliphatic rings. The number of aromatic nitrogens is 2. The van der Waals surface area contributed by atoms with Gasteiger partial charge in [0.25, 0.3) is 0 Å². The zero-order valence-electron chi connectivity index (χ0n) is 8.72. The molecule has 1 aromatic carbocycles. The van der Waals surface area contributed by atoms with Crippen molar-refractivity contribution >= 4 is 23.4 Å². The molecule has 5 heteroatoms. The lowest BCUT2D eigenvalue weighted by molar-refractivity contribution is 0.279. The number of aliphatic hydroxyl groups excluding tert-OH is 1. The SMILES string of the molecule is Cn1cc(Sc2cccc(Cl)c2CO)cn1. The molecule has 0 aliphatic carbocycles. The fourth-order valence-corrected chi connectivity index (χ4v) is 2.66. The smallest absolute Gasteiger partial charge is 0.0707 e. The molecule has 0 saturated heterocycles. The van der Waals surface area contributed by atoms with Crippen LogP contribution in [-0.4, -0.2) is 14.9 Å². The van der Waals surface area contributed by atoms with Gasteiger partial charge in [-0.1, -0.05) is 29.4 Å². The highest BCUT2D eigenvalue weighted by Gasteiger charge is 2.08. The van der Waals surface area contributed by atoms with Crippen LogP contribution in [0, 0.1) is 0 Å². The number of hydrogen-bond donors (Lipinski definition) is 1. The highest BCUT2D eigenvalue weighted by Crippen LogP contribution is 2.33. The summed E-state index contributed by atoms with van der Waals surface area (Å²) in [4.78, 5) is 1.99. The number of nitrogens with zero attached hydrogens (tertiary/aromatic N) is 2. The van der Waals surface area contributed by atoms with Crippen molar-refractivity contribution in [2.75, 3.05) is 0 Å². The third kappa shape index (κ3) is 2.40. The molecule has 0 amide bonds. The average Bonchev–Trinajstić information content (AvgIpc) is 2.64. The van der Waals surface area contributed by atoms with E-state index < -0.39 is 0 Å². The maximum atomic E-state index is 9.26. The zero-order valence-corrected chi connectivity index (χ0v) is 10.3. The van der Waals surface area contributed by atoms with E-state index in [0.29, 0.717) is 5.02 Å². The molecule has 0 unspecified atom stereocenters. The van der Waals surface area contributed by atoms with Crippen molar-refractivity contribution in [3.05, 3.63) is 41.2 Å². The van der Waals surface area contributed by atoms with Crippen molar-refractivity contribution < 1.29 is 5.11 Å². The Hall–Kier alpha value is -0.970. The van der Waals surface area contributed by atoms with Gasteiger partial charge in [-0.2, -0.15) is 5.10 Å². The molecule has 1 heterocycles. The Bertz CT molecular complexity index is 498. The van der Waals surface area contributed by atoms with Gasteiger partial charge in [-0.15, -0.1) is 0 Å². The summed E-state index contributed by atoms with van der Waals surface area (Å²) in [5, 5.41) is 13.9. The van der Waals surface area contributed by atoms with E-state index in [2.05, 4.69) is 5.10 Å². The normalized spacial score (nSPS) is 10.7. The Morgan fingerprint density at radius 3 is 2.94 bits per heavy atom. The van der Waals surface area contributed by atoms with Gasteiger partial charge in [-0.05, 0) is 12.1 Å². The number of halogens is 1. The van der Waals surface area contributed by atoms with Gasteiger partial charge >= 0.3 is 0 Å². The molecular formula is C11H11ClN2OS. The standard InChI is InChI=1S/C11H11ClN2OS/c1-14-6-8(5-13-14)16-11-4-2-3-10(12)9(11)7-15/h2-6,15H,7H2,1H3. The minimum atomic E-state index is -0.0533. The zero-order chi connectivity index (χ0) is 11.5. The summed E-state index contributed by atoms with van der Waals surface area (Å²) in [7, 11) is 1.87. The highest BCUT2D eigenvalue weighted by molar-refractivity contribution is 7.99. The molecule has 0 bridgehead atoms. The van der Waals surface area contributed by atoms with Crippen molar-refractivity contribution in [3.8, 4) is 0 Å². The van der Waals surface area contributed by atoms with Gasteiger partial charge < -0.3 is 5.11 Å². The largest absolute Gasteiger partial charge is 0.392 e. The first kappa shape index (κ1) is 11.5. The molecule has 3 nitrogen and oxygen atoms in total. The summed E-state index contributed by atoms with van der Waals surface area (Å²) in [6.45, 7) is -0.0533. The predicted molar refractivity (Wildman–Crippen MR) is 64.7 cm³/mol. The maximum absolute atomic E-state index is 9.26. The number of benzene rings is 1. The monoisotopic (exact) mass is 254 g/mol. The second-order valence-electron chi connectivity index (χ2n) is 3.33. The molecule has 1 aromatic heterocycles. The van der Waals surface area contributed by atoms with Crippen molar-refractivity contribution in [2.24, 2.45) is 7.05 Å². The van der Waals surface area contributed by atoms with Crippen LogP contribution in [0.4, 0.5) is 0 Å². The quantitative estimate of drug-likeness (QED) is 0.915. The van der Waals surface area contributed by atoms with Gasteiger partial charge in [0.15, 0.2) is 0 Å². The Kier molecular flexibility index (Phi) is 3.53. The highest BCUT2D eigenvalue weighted by atomic mass is 35.5. The lowest BCUT2D eigenvalue weighted by Gasteiger charge is -2.06. The van der Waals surface area contributed by atoms with Crippen LogP contribution in [-0.2, 0) is 13.7 Å². The summed E-state index contributed by atoms with van der Waals surface area (Å²) in [5.74, 6) is 0. The van der Waals surface area contributed by atoms with E-state index in [1.807, 2.05) is 25.4 Å². The Balaban J connectivity index is 2.30. The Morgan fingerprint density at radius 2 is 2.31 bits per heavy atom. The first-order valence-corrected chi connectivity index (χ1v) is 5.95. The fourth-order valence-electron chi connectivity index (χ4n) is 1.37. The average molecular weight is 255 g/mol. The summed E-state index contributed by atoms with van der Waals surface area (Å²) < 4.78 is 1.74.